The molecule has 78 valence electrons. The average molecular weight is 201 g/mol. The van der Waals surface area contributed by atoms with Crippen molar-refractivity contribution in [1.29, 1.82) is 5.26 Å². The summed E-state index contributed by atoms with van der Waals surface area (Å²) in [5.74, 6) is 0. The maximum atomic E-state index is 9.04. The Morgan fingerprint density at radius 2 is 2.20 bits per heavy atom. The maximum Gasteiger partial charge on any atom is 0.102 e. The van der Waals surface area contributed by atoms with Crippen LogP contribution < -0.4 is 11.1 Å². The van der Waals surface area contributed by atoms with E-state index < -0.39 is 0 Å². The Morgan fingerprint density at radius 1 is 1.47 bits per heavy atom. The summed E-state index contributed by atoms with van der Waals surface area (Å²) >= 11 is 0. The van der Waals surface area contributed by atoms with E-state index >= 15 is 0 Å². The second kappa shape index (κ2) is 3.92. The number of hydrogen-bond acceptors (Lipinski definition) is 3. The number of nitrogens with one attached hydrogen (secondary N) is 1. The van der Waals surface area contributed by atoms with Crippen LogP contribution in [-0.2, 0) is 0 Å². The summed E-state index contributed by atoms with van der Waals surface area (Å²) in [4.78, 5) is 0. The highest BCUT2D eigenvalue weighted by atomic mass is 15.0. The second-order valence-electron chi connectivity index (χ2n) is 4.18. The Balaban J connectivity index is 2.15. The molecule has 0 spiro atoms. The Morgan fingerprint density at radius 3 is 2.80 bits per heavy atom. The van der Waals surface area contributed by atoms with Crippen molar-refractivity contribution in [3.8, 4) is 6.07 Å². The quantitative estimate of drug-likeness (QED) is 0.766. The third-order valence-corrected chi connectivity index (χ3v) is 2.92. The first kappa shape index (κ1) is 10.0. The third kappa shape index (κ3) is 1.95. The molecule has 1 saturated carbocycles. The van der Waals surface area contributed by atoms with Crippen LogP contribution in [0.15, 0.2) is 18.2 Å². The summed E-state index contributed by atoms with van der Waals surface area (Å²) in [5, 5.41) is 12.4. The van der Waals surface area contributed by atoms with Crippen molar-refractivity contribution < 1.29 is 0 Å². The number of nitriles is 1. The van der Waals surface area contributed by atoms with Crippen molar-refractivity contribution >= 4 is 5.69 Å². The molecule has 0 aliphatic heterocycles. The molecule has 0 amide bonds. The summed E-state index contributed by atoms with van der Waals surface area (Å²) < 4.78 is 0. The summed E-state index contributed by atoms with van der Waals surface area (Å²) in [5.41, 5.74) is 8.42. The Kier molecular flexibility index (Phi) is 2.61. The average Bonchev–Trinajstić information content (AvgIpc) is 2.16. The molecule has 1 aliphatic rings. The zero-order valence-electron chi connectivity index (χ0n) is 8.83. The van der Waals surface area contributed by atoms with E-state index in [0.717, 1.165) is 29.7 Å². The Labute approximate surface area is 89.9 Å². The normalized spacial score (nSPS) is 24.1. The van der Waals surface area contributed by atoms with Gasteiger partial charge in [0.05, 0.1) is 11.3 Å². The lowest BCUT2D eigenvalue weighted by Crippen LogP contribution is -2.44. The van der Waals surface area contributed by atoms with Gasteiger partial charge in [-0.15, -0.1) is 0 Å². The van der Waals surface area contributed by atoms with E-state index in [9.17, 15) is 0 Å². The summed E-state index contributed by atoms with van der Waals surface area (Å²) in [6.07, 6.45) is 2.00. The van der Waals surface area contributed by atoms with Gasteiger partial charge < -0.3 is 11.1 Å². The van der Waals surface area contributed by atoms with Crippen LogP contribution in [0.3, 0.4) is 0 Å². The number of anilines is 1. The number of benzene rings is 1. The molecule has 0 unspecified atom stereocenters. The molecular weight excluding hydrogens is 186 g/mol. The van der Waals surface area contributed by atoms with Crippen LogP contribution in [0.25, 0.3) is 0 Å². The summed E-state index contributed by atoms with van der Waals surface area (Å²) in [7, 11) is 0. The van der Waals surface area contributed by atoms with Gasteiger partial charge in [0.25, 0.3) is 0 Å². The highest BCUT2D eigenvalue weighted by molar-refractivity contribution is 5.61. The van der Waals surface area contributed by atoms with Crippen LogP contribution in [0.5, 0.6) is 0 Å². The molecule has 0 atom stereocenters. The molecule has 1 aromatic carbocycles. The number of aryl methyl sites for hydroxylation is 1. The fraction of sp³-hybridized carbons (Fsp3) is 0.417. The first-order valence-electron chi connectivity index (χ1n) is 5.22. The lowest BCUT2D eigenvalue weighted by Gasteiger charge is -2.34. The first-order valence-corrected chi connectivity index (χ1v) is 5.22. The maximum absolute atomic E-state index is 9.04. The van der Waals surface area contributed by atoms with Gasteiger partial charge in [0, 0.05) is 12.1 Å². The van der Waals surface area contributed by atoms with Gasteiger partial charge in [-0.3, -0.25) is 0 Å². The van der Waals surface area contributed by atoms with Crippen molar-refractivity contribution in [3.05, 3.63) is 29.3 Å². The fourth-order valence-corrected chi connectivity index (χ4v) is 1.94. The zero-order chi connectivity index (χ0) is 10.8. The molecule has 0 aromatic heterocycles. The van der Waals surface area contributed by atoms with Crippen LogP contribution in [0.2, 0.25) is 0 Å². The van der Waals surface area contributed by atoms with E-state index in [1.807, 2.05) is 25.1 Å². The van der Waals surface area contributed by atoms with E-state index in [0.29, 0.717) is 12.1 Å². The molecule has 0 saturated heterocycles. The minimum atomic E-state index is 0.331. The van der Waals surface area contributed by atoms with Crippen molar-refractivity contribution in [2.24, 2.45) is 5.73 Å². The monoisotopic (exact) mass is 201 g/mol. The van der Waals surface area contributed by atoms with Gasteiger partial charge in [-0.2, -0.15) is 5.26 Å². The minimum absolute atomic E-state index is 0.331. The van der Waals surface area contributed by atoms with Gasteiger partial charge in [-0.05, 0) is 31.4 Å². The molecule has 0 radical (unpaired) electrons. The largest absolute Gasteiger partial charge is 0.381 e. The topological polar surface area (TPSA) is 61.8 Å². The predicted octanol–water partition coefficient (Wildman–Crippen LogP) is 1.77. The number of hydrogen-bond donors (Lipinski definition) is 2. The van der Waals surface area contributed by atoms with Gasteiger partial charge in [0.1, 0.15) is 6.07 Å². The molecule has 1 fully saturated rings. The number of rotatable bonds is 2. The first-order chi connectivity index (χ1) is 7.20. The predicted molar refractivity (Wildman–Crippen MR) is 60.5 cm³/mol. The zero-order valence-corrected chi connectivity index (χ0v) is 8.83. The molecule has 3 N–H and O–H groups in total. The lowest BCUT2D eigenvalue weighted by molar-refractivity contribution is 0.373. The standard InChI is InChI=1S/C12H15N3/c1-8-3-2-4-12(11(8)7-13)15-10-5-9(14)6-10/h2-4,9-10,15H,5-6,14H2,1H3. The van der Waals surface area contributed by atoms with Crippen molar-refractivity contribution in [2.45, 2.75) is 31.8 Å². The molecule has 1 aliphatic carbocycles. The Bertz CT molecular complexity index is 400. The van der Waals surface area contributed by atoms with Gasteiger partial charge in [-0.25, -0.2) is 0 Å². The molecule has 0 bridgehead atoms. The van der Waals surface area contributed by atoms with Crippen molar-refractivity contribution in [3.63, 3.8) is 0 Å². The molecule has 1 aromatic rings. The highest BCUT2D eigenvalue weighted by Crippen LogP contribution is 2.25. The fourth-order valence-electron chi connectivity index (χ4n) is 1.94. The molecule has 3 heteroatoms. The number of nitrogens with zero attached hydrogens (tertiary/aromatic N) is 1. The van der Waals surface area contributed by atoms with Gasteiger partial charge >= 0.3 is 0 Å². The van der Waals surface area contributed by atoms with Crippen LogP contribution >= 0.6 is 0 Å². The van der Waals surface area contributed by atoms with E-state index in [1.54, 1.807) is 0 Å². The SMILES string of the molecule is Cc1cccc(NC2CC(N)C2)c1C#N. The summed E-state index contributed by atoms with van der Waals surface area (Å²) in [6.45, 7) is 1.95. The summed E-state index contributed by atoms with van der Waals surface area (Å²) in [6, 6.07) is 8.88. The molecule has 2 rings (SSSR count). The lowest BCUT2D eigenvalue weighted by atomic mass is 9.87. The molecule has 0 heterocycles. The molecule has 15 heavy (non-hydrogen) atoms. The Hall–Kier alpha value is -1.53. The van der Waals surface area contributed by atoms with Gasteiger partial charge in [-0.1, -0.05) is 12.1 Å². The molecule has 3 nitrogen and oxygen atoms in total. The second-order valence-corrected chi connectivity index (χ2v) is 4.18. The van der Waals surface area contributed by atoms with Gasteiger partial charge in [0.2, 0.25) is 0 Å². The van der Waals surface area contributed by atoms with Crippen LogP contribution in [0.4, 0.5) is 5.69 Å². The van der Waals surface area contributed by atoms with E-state index in [1.165, 1.54) is 0 Å². The molecular formula is C12H15N3. The van der Waals surface area contributed by atoms with Crippen LogP contribution in [-0.4, -0.2) is 12.1 Å². The van der Waals surface area contributed by atoms with Crippen molar-refractivity contribution in [1.82, 2.24) is 0 Å². The highest BCUT2D eigenvalue weighted by Gasteiger charge is 2.26. The van der Waals surface area contributed by atoms with E-state index in [4.69, 9.17) is 11.0 Å². The van der Waals surface area contributed by atoms with Gasteiger partial charge in [0.15, 0.2) is 0 Å². The number of nitrogens with two attached hydrogens (primary N) is 1. The van der Waals surface area contributed by atoms with Crippen molar-refractivity contribution in [2.75, 3.05) is 5.32 Å². The third-order valence-electron chi connectivity index (χ3n) is 2.92. The van der Waals surface area contributed by atoms with Crippen LogP contribution in [0.1, 0.15) is 24.0 Å². The smallest absolute Gasteiger partial charge is 0.102 e. The van der Waals surface area contributed by atoms with E-state index in [2.05, 4.69) is 11.4 Å². The van der Waals surface area contributed by atoms with Crippen LogP contribution in [0, 0.1) is 18.3 Å². The van der Waals surface area contributed by atoms with E-state index in [-0.39, 0.29) is 0 Å². The minimum Gasteiger partial charge on any atom is -0.381 e.